The van der Waals surface area contributed by atoms with Gasteiger partial charge in [0.2, 0.25) is 0 Å². The van der Waals surface area contributed by atoms with Crippen LogP contribution in [0.3, 0.4) is 0 Å². The molecule has 0 unspecified atom stereocenters. The normalized spacial score (nSPS) is 44.8. The number of Topliss-reactive ketones (excluding diaryl/α,β-unsaturated/α-hetero) is 1. The summed E-state index contributed by atoms with van der Waals surface area (Å²) < 4.78 is 0. The number of aliphatic hydroxyl groups is 3. The summed E-state index contributed by atoms with van der Waals surface area (Å²) in [4.78, 5) is 12.7. The Morgan fingerprint density at radius 3 is 2.79 bits per heavy atom. The minimum Gasteiger partial charge on any atom is -0.393 e. The number of hydrogen-bond acceptors (Lipinski definition) is 4. The predicted molar refractivity (Wildman–Crippen MR) is 92.1 cm³/mol. The minimum atomic E-state index is -1.36. The monoisotopic (exact) mass is 334 g/mol. The van der Waals surface area contributed by atoms with Crippen molar-refractivity contribution in [3.8, 4) is 0 Å². The largest absolute Gasteiger partial charge is 0.393 e. The van der Waals surface area contributed by atoms with Crippen LogP contribution in [0.25, 0.3) is 0 Å². The van der Waals surface area contributed by atoms with E-state index in [1.165, 1.54) is 25.5 Å². The maximum absolute atomic E-state index is 12.7. The SMILES string of the molecule is C=C([C@H](O)/C=C/[C@@](C)(O)CO)[C@@H]1CC(=O)[C@@]2(C)[C@@H]1[C@@H]1[C@H](C)CC[C@@H]12. The van der Waals surface area contributed by atoms with Crippen molar-refractivity contribution < 1.29 is 20.1 Å². The summed E-state index contributed by atoms with van der Waals surface area (Å²) in [5.74, 6) is 2.35. The molecule has 0 amide bonds. The highest BCUT2D eigenvalue weighted by atomic mass is 16.3. The Hall–Kier alpha value is -0.970. The zero-order chi connectivity index (χ0) is 17.9. The van der Waals surface area contributed by atoms with Crippen LogP contribution in [0.4, 0.5) is 0 Å². The van der Waals surface area contributed by atoms with E-state index in [0.29, 0.717) is 41.4 Å². The molecule has 24 heavy (non-hydrogen) atoms. The quantitative estimate of drug-likeness (QED) is 0.673. The maximum Gasteiger partial charge on any atom is 0.139 e. The molecule has 3 N–H and O–H groups in total. The van der Waals surface area contributed by atoms with Crippen molar-refractivity contribution in [3.05, 3.63) is 24.3 Å². The summed E-state index contributed by atoms with van der Waals surface area (Å²) in [6.45, 7) is 9.55. The third-order valence-electron chi connectivity index (χ3n) is 7.19. The molecule has 0 aliphatic heterocycles. The molecule has 4 heteroatoms. The van der Waals surface area contributed by atoms with Gasteiger partial charge in [0.1, 0.15) is 11.4 Å². The molecule has 3 rings (SSSR count). The summed E-state index contributed by atoms with van der Waals surface area (Å²) in [6.07, 6.45) is 4.79. The summed E-state index contributed by atoms with van der Waals surface area (Å²) in [7, 11) is 0. The number of rotatable bonds is 5. The van der Waals surface area contributed by atoms with E-state index in [1.807, 2.05) is 0 Å². The van der Waals surface area contributed by atoms with Crippen LogP contribution in [0.15, 0.2) is 24.3 Å². The van der Waals surface area contributed by atoms with Crippen LogP contribution in [0.5, 0.6) is 0 Å². The molecule has 3 aliphatic carbocycles. The first-order chi connectivity index (χ1) is 11.1. The lowest BCUT2D eigenvalue weighted by Gasteiger charge is -2.56. The fourth-order valence-corrected chi connectivity index (χ4v) is 5.74. The Morgan fingerprint density at radius 2 is 2.17 bits per heavy atom. The van der Waals surface area contributed by atoms with E-state index in [2.05, 4.69) is 20.4 Å². The fourth-order valence-electron chi connectivity index (χ4n) is 5.74. The predicted octanol–water partition coefficient (Wildman–Crippen LogP) is 2.09. The Morgan fingerprint density at radius 1 is 1.50 bits per heavy atom. The summed E-state index contributed by atoms with van der Waals surface area (Å²) in [5, 5.41) is 29.4. The van der Waals surface area contributed by atoms with Gasteiger partial charge in [0.25, 0.3) is 0 Å². The van der Waals surface area contributed by atoms with Gasteiger partial charge in [-0.2, -0.15) is 0 Å². The van der Waals surface area contributed by atoms with Gasteiger partial charge in [-0.15, -0.1) is 0 Å². The van der Waals surface area contributed by atoms with Gasteiger partial charge in [-0.05, 0) is 48.5 Å². The van der Waals surface area contributed by atoms with Gasteiger partial charge in [-0.25, -0.2) is 0 Å². The van der Waals surface area contributed by atoms with Crippen molar-refractivity contribution in [2.24, 2.45) is 35.0 Å². The first-order valence-corrected chi connectivity index (χ1v) is 9.06. The number of aliphatic hydroxyl groups excluding tert-OH is 2. The van der Waals surface area contributed by atoms with Gasteiger partial charge in [0.15, 0.2) is 0 Å². The van der Waals surface area contributed by atoms with E-state index >= 15 is 0 Å². The second-order valence-corrected chi connectivity index (χ2v) is 8.67. The standard InChI is InChI=1S/C20H30O4/c1-11-5-6-14-17(11)18-13(9-16(23)20(14,18)4)12(2)15(22)7-8-19(3,24)10-21/h7-8,11,13-15,17-18,21-22,24H,2,5-6,9-10H2,1,3-4H3/b8-7+/t11-,13+,14+,15-,17-,18+,19-,20+/m1/s1. The summed E-state index contributed by atoms with van der Waals surface area (Å²) in [6, 6.07) is 0. The molecule has 0 aromatic heterocycles. The van der Waals surface area contributed by atoms with E-state index < -0.39 is 18.3 Å². The lowest BCUT2D eigenvalue weighted by Crippen LogP contribution is -2.56. The molecule has 4 nitrogen and oxygen atoms in total. The lowest BCUT2D eigenvalue weighted by molar-refractivity contribution is -0.149. The first-order valence-electron chi connectivity index (χ1n) is 9.06. The van der Waals surface area contributed by atoms with Crippen LogP contribution in [0, 0.1) is 35.0 Å². The van der Waals surface area contributed by atoms with E-state index in [0.717, 1.165) is 6.42 Å². The highest BCUT2D eigenvalue weighted by Gasteiger charge is 2.71. The molecule has 3 aliphatic rings. The Balaban J connectivity index is 1.78. The summed E-state index contributed by atoms with van der Waals surface area (Å²) in [5.41, 5.74) is -0.925. The molecule has 0 bridgehead atoms. The molecule has 3 saturated carbocycles. The molecule has 8 atom stereocenters. The van der Waals surface area contributed by atoms with Crippen molar-refractivity contribution in [1.29, 1.82) is 0 Å². The van der Waals surface area contributed by atoms with E-state index in [1.54, 1.807) is 0 Å². The Labute approximate surface area is 144 Å². The molecule has 0 saturated heterocycles. The maximum atomic E-state index is 12.7. The van der Waals surface area contributed by atoms with Crippen molar-refractivity contribution >= 4 is 5.78 Å². The molecular formula is C20H30O4. The third-order valence-corrected chi connectivity index (χ3v) is 7.19. The van der Waals surface area contributed by atoms with Gasteiger partial charge in [-0.3, -0.25) is 4.79 Å². The van der Waals surface area contributed by atoms with Crippen LogP contribution in [0.2, 0.25) is 0 Å². The average molecular weight is 334 g/mol. The fraction of sp³-hybridized carbons (Fsp3) is 0.750. The van der Waals surface area contributed by atoms with Gasteiger partial charge in [-0.1, -0.05) is 39.0 Å². The van der Waals surface area contributed by atoms with Gasteiger partial charge in [0.05, 0.1) is 12.7 Å². The molecule has 0 aromatic carbocycles. The molecule has 0 heterocycles. The van der Waals surface area contributed by atoms with Crippen LogP contribution in [0.1, 0.15) is 40.0 Å². The zero-order valence-corrected chi connectivity index (χ0v) is 14.9. The molecule has 0 radical (unpaired) electrons. The van der Waals surface area contributed by atoms with Crippen LogP contribution in [-0.4, -0.2) is 39.4 Å². The van der Waals surface area contributed by atoms with Crippen molar-refractivity contribution in [3.63, 3.8) is 0 Å². The molecule has 134 valence electrons. The highest BCUT2D eigenvalue weighted by Crippen LogP contribution is 2.72. The number of carbonyl (C=O) groups is 1. The number of fused-ring (bicyclic) bond motifs is 4. The second-order valence-electron chi connectivity index (χ2n) is 8.67. The lowest BCUT2D eigenvalue weighted by atomic mass is 9.46. The highest BCUT2D eigenvalue weighted by molar-refractivity contribution is 5.90. The zero-order valence-electron chi connectivity index (χ0n) is 14.9. The Kier molecular flexibility index (Phi) is 4.30. The van der Waals surface area contributed by atoms with Crippen LogP contribution in [-0.2, 0) is 4.79 Å². The van der Waals surface area contributed by atoms with E-state index in [9.17, 15) is 15.0 Å². The Bertz CT molecular complexity index is 578. The molecular weight excluding hydrogens is 304 g/mol. The summed E-state index contributed by atoms with van der Waals surface area (Å²) >= 11 is 0. The van der Waals surface area contributed by atoms with E-state index in [-0.39, 0.29) is 11.3 Å². The first kappa shape index (κ1) is 17.8. The van der Waals surface area contributed by atoms with Gasteiger partial charge >= 0.3 is 0 Å². The van der Waals surface area contributed by atoms with Crippen molar-refractivity contribution in [1.82, 2.24) is 0 Å². The number of carbonyl (C=O) groups excluding carboxylic acids is 1. The molecule has 0 spiro atoms. The molecule has 3 fully saturated rings. The molecule has 0 aromatic rings. The average Bonchev–Trinajstić information content (AvgIpc) is 2.97. The second kappa shape index (κ2) is 5.79. The minimum absolute atomic E-state index is 0.0167. The smallest absolute Gasteiger partial charge is 0.139 e. The van der Waals surface area contributed by atoms with Crippen molar-refractivity contribution in [2.45, 2.75) is 51.7 Å². The topological polar surface area (TPSA) is 77.8 Å². The van der Waals surface area contributed by atoms with E-state index in [4.69, 9.17) is 5.11 Å². The number of ketones is 1. The van der Waals surface area contributed by atoms with Gasteiger partial charge in [0, 0.05) is 11.8 Å². The third kappa shape index (κ3) is 2.42. The van der Waals surface area contributed by atoms with Crippen molar-refractivity contribution in [2.75, 3.05) is 6.61 Å². The van der Waals surface area contributed by atoms with Crippen LogP contribution >= 0.6 is 0 Å². The van der Waals surface area contributed by atoms with Gasteiger partial charge < -0.3 is 15.3 Å². The van der Waals surface area contributed by atoms with Crippen LogP contribution < -0.4 is 0 Å². The number of hydrogen-bond donors (Lipinski definition) is 3.